The minimum Gasteiger partial charge on any atom is -0.496 e. The van der Waals surface area contributed by atoms with Gasteiger partial charge in [0, 0.05) is 5.02 Å². The van der Waals surface area contributed by atoms with Crippen molar-refractivity contribution in [2.75, 3.05) is 18.2 Å². The van der Waals surface area contributed by atoms with E-state index in [9.17, 15) is 4.79 Å². The third-order valence-corrected chi connectivity index (χ3v) is 4.66. The van der Waals surface area contributed by atoms with Gasteiger partial charge in [0.25, 0.3) is 11.1 Å². The maximum Gasteiger partial charge on any atom is 0.277 e. The van der Waals surface area contributed by atoms with Crippen LogP contribution in [0.2, 0.25) is 10.0 Å². The number of rotatable bonds is 6. The second kappa shape index (κ2) is 8.44. The Morgan fingerprint density at radius 3 is 2.81 bits per heavy atom. The van der Waals surface area contributed by atoms with Crippen LogP contribution in [0.3, 0.4) is 0 Å². The van der Waals surface area contributed by atoms with E-state index in [2.05, 4.69) is 15.5 Å². The summed E-state index contributed by atoms with van der Waals surface area (Å²) in [5.41, 5.74) is 1.13. The van der Waals surface area contributed by atoms with E-state index >= 15 is 0 Å². The highest BCUT2D eigenvalue weighted by molar-refractivity contribution is 7.99. The van der Waals surface area contributed by atoms with Crippen LogP contribution >= 0.6 is 35.0 Å². The van der Waals surface area contributed by atoms with Crippen LogP contribution in [0.25, 0.3) is 11.5 Å². The summed E-state index contributed by atoms with van der Waals surface area (Å²) in [4.78, 5) is 12.0. The molecular weight excluding hydrogens is 397 g/mol. The van der Waals surface area contributed by atoms with Crippen LogP contribution in [0, 0.1) is 0 Å². The standard InChI is InChI=1S/C17H13Cl2N3O3S/c1-24-14-7-6-10(18)8-11(14)16-21-22-17(25-16)26-9-15(23)20-13-5-3-2-4-12(13)19/h2-8H,9H2,1H3,(H,20,23). The Kier molecular flexibility index (Phi) is 6.03. The topological polar surface area (TPSA) is 77.2 Å². The molecule has 0 aliphatic heterocycles. The molecule has 3 rings (SSSR count). The Bertz CT molecular complexity index is 933. The van der Waals surface area contributed by atoms with Crippen molar-refractivity contribution in [1.82, 2.24) is 10.2 Å². The van der Waals surface area contributed by atoms with Crippen LogP contribution < -0.4 is 10.1 Å². The molecule has 1 aromatic heterocycles. The van der Waals surface area contributed by atoms with Crippen molar-refractivity contribution in [3.8, 4) is 17.2 Å². The zero-order chi connectivity index (χ0) is 18.5. The number of carbonyl (C=O) groups excluding carboxylic acids is 1. The van der Waals surface area contributed by atoms with Crippen molar-refractivity contribution in [1.29, 1.82) is 0 Å². The molecule has 134 valence electrons. The molecule has 0 radical (unpaired) electrons. The van der Waals surface area contributed by atoms with E-state index < -0.39 is 0 Å². The quantitative estimate of drug-likeness (QED) is 0.590. The maximum absolute atomic E-state index is 12.0. The Balaban J connectivity index is 1.65. The zero-order valence-corrected chi connectivity index (χ0v) is 15.9. The number of hydrogen-bond donors (Lipinski definition) is 1. The number of carbonyl (C=O) groups is 1. The van der Waals surface area contributed by atoms with Gasteiger partial charge in [-0.2, -0.15) is 0 Å². The summed E-state index contributed by atoms with van der Waals surface area (Å²) in [5, 5.41) is 11.9. The first-order chi connectivity index (χ1) is 12.6. The van der Waals surface area contributed by atoms with Gasteiger partial charge in [-0.25, -0.2) is 0 Å². The molecule has 2 aromatic carbocycles. The highest BCUT2D eigenvalue weighted by atomic mass is 35.5. The van der Waals surface area contributed by atoms with Gasteiger partial charge >= 0.3 is 0 Å². The lowest BCUT2D eigenvalue weighted by Crippen LogP contribution is -2.14. The molecule has 0 atom stereocenters. The molecule has 0 aliphatic rings. The molecule has 1 amide bonds. The average molecular weight is 410 g/mol. The van der Waals surface area contributed by atoms with Crippen LogP contribution in [0.1, 0.15) is 0 Å². The van der Waals surface area contributed by atoms with Gasteiger partial charge in [0.2, 0.25) is 5.91 Å². The molecule has 9 heteroatoms. The highest BCUT2D eigenvalue weighted by Gasteiger charge is 2.15. The fourth-order valence-electron chi connectivity index (χ4n) is 2.10. The third kappa shape index (κ3) is 4.49. The van der Waals surface area contributed by atoms with E-state index in [4.69, 9.17) is 32.4 Å². The van der Waals surface area contributed by atoms with Crippen LogP contribution in [-0.4, -0.2) is 29.0 Å². The van der Waals surface area contributed by atoms with Gasteiger partial charge < -0.3 is 14.5 Å². The Morgan fingerprint density at radius 1 is 1.23 bits per heavy atom. The van der Waals surface area contributed by atoms with E-state index in [0.717, 1.165) is 11.8 Å². The average Bonchev–Trinajstić information content (AvgIpc) is 3.11. The molecule has 6 nitrogen and oxygen atoms in total. The predicted octanol–water partition coefficient (Wildman–Crippen LogP) is 4.78. The minimum atomic E-state index is -0.233. The number of anilines is 1. The summed E-state index contributed by atoms with van der Waals surface area (Å²) in [6, 6.07) is 12.1. The number of nitrogens with one attached hydrogen (secondary N) is 1. The van der Waals surface area contributed by atoms with Crippen LogP contribution in [0.4, 0.5) is 5.69 Å². The van der Waals surface area contributed by atoms with Gasteiger partial charge in [0.15, 0.2) is 0 Å². The van der Waals surface area contributed by atoms with Crippen molar-refractivity contribution >= 4 is 46.6 Å². The lowest BCUT2D eigenvalue weighted by Gasteiger charge is -2.05. The fourth-order valence-corrected chi connectivity index (χ4v) is 3.02. The number of amides is 1. The summed E-state index contributed by atoms with van der Waals surface area (Å²) in [6.07, 6.45) is 0. The number of para-hydroxylation sites is 1. The zero-order valence-electron chi connectivity index (χ0n) is 13.5. The van der Waals surface area contributed by atoms with Crippen LogP contribution in [0.5, 0.6) is 5.75 Å². The lowest BCUT2D eigenvalue weighted by molar-refractivity contribution is -0.113. The number of hydrogen-bond acceptors (Lipinski definition) is 6. The number of aromatic nitrogens is 2. The molecule has 3 aromatic rings. The summed E-state index contributed by atoms with van der Waals surface area (Å²) in [5.74, 6) is 0.687. The number of halogens is 2. The molecule has 0 spiro atoms. The molecule has 1 heterocycles. The largest absolute Gasteiger partial charge is 0.496 e. The van der Waals surface area contributed by atoms with E-state index in [1.807, 2.05) is 0 Å². The van der Waals surface area contributed by atoms with Crippen molar-refractivity contribution in [3.05, 3.63) is 52.5 Å². The minimum absolute atomic E-state index is 0.0968. The Morgan fingerprint density at radius 2 is 2.04 bits per heavy atom. The van der Waals surface area contributed by atoms with E-state index in [1.165, 1.54) is 7.11 Å². The first kappa shape index (κ1) is 18.6. The second-order valence-corrected chi connectivity index (χ2v) is 6.80. The Labute approximate surface area is 163 Å². The first-order valence-corrected chi connectivity index (χ1v) is 9.15. The molecule has 0 bridgehead atoms. The van der Waals surface area contributed by atoms with E-state index in [0.29, 0.717) is 27.0 Å². The smallest absolute Gasteiger partial charge is 0.277 e. The van der Waals surface area contributed by atoms with Crippen LogP contribution in [0.15, 0.2) is 52.1 Å². The summed E-state index contributed by atoms with van der Waals surface area (Å²) >= 11 is 13.1. The second-order valence-electron chi connectivity index (χ2n) is 5.03. The van der Waals surface area contributed by atoms with Crippen LogP contribution in [-0.2, 0) is 4.79 Å². The Hall–Kier alpha value is -2.22. The summed E-state index contributed by atoms with van der Waals surface area (Å²) < 4.78 is 10.9. The van der Waals surface area contributed by atoms with Gasteiger partial charge in [-0.05, 0) is 30.3 Å². The summed E-state index contributed by atoms with van der Waals surface area (Å²) in [6.45, 7) is 0. The normalized spacial score (nSPS) is 10.6. The molecule has 26 heavy (non-hydrogen) atoms. The maximum atomic E-state index is 12.0. The highest BCUT2D eigenvalue weighted by Crippen LogP contribution is 2.33. The SMILES string of the molecule is COc1ccc(Cl)cc1-c1nnc(SCC(=O)Nc2ccccc2Cl)o1. The van der Waals surface area contributed by atoms with Crippen molar-refractivity contribution < 1.29 is 13.9 Å². The number of benzene rings is 2. The van der Waals surface area contributed by atoms with Gasteiger partial charge in [-0.1, -0.05) is 47.1 Å². The molecule has 0 saturated heterocycles. The molecule has 0 saturated carbocycles. The third-order valence-electron chi connectivity index (χ3n) is 3.27. The number of thioether (sulfide) groups is 1. The van der Waals surface area contributed by atoms with Crippen molar-refractivity contribution in [2.24, 2.45) is 0 Å². The number of methoxy groups -OCH3 is 1. The number of ether oxygens (including phenoxy) is 1. The predicted molar refractivity (Wildman–Crippen MR) is 102 cm³/mol. The molecular formula is C17H13Cl2N3O3S. The molecule has 0 fully saturated rings. The van der Waals surface area contributed by atoms with Gasteiger partial charge in [0.1, 0.15) is 5.75 Å². The molecule has 1 N–H and O–H groups in total. The van der Waals surface area contributed by atoms with Crippen molar-refractivity contribution in [2.45, 2.75) is 5.22 Å². The summed E-state index contributed by atoms with van der Waals surface area (Å²) in [7, 11) is 1.54. The van der Waals surface area contributed by atoms with E-state index in [-0.39, 0.29) is 22.8 Å². The monoisotopic (exact) mass is 409 g/mol. The fraction of sp³-hybridized carbons (Fsp3) is 0.118. The molecule has 0 unspecified atom stereocenters. The first-order valence-electron chi connectivity index (χ1n) is 7.41. The van der Waals surface area contributed by atoms with E-state index in [1.54, 1.807) is 42.5 Å². The lowest BCUT2D eigenvalue weighted by atomic mass is 10.2. The number of nitrogens with zero attached hydrogens (tertiary/aromatic N) is 2. The van der Waals surface area contributed by atoms with Gasteiger partial charge in [-0.15, -0.1) is 10.2 Å². The molecule has 0 aliphatic carbocycles. The van der Waals surface area contributed by atoms with Gasteiger partial charge in [-0.3, -0.25) is 4.79 Å². The van der Waals surface area contributed by atoms with Gasteiger partial charge in [0.05, 0.1) is 29.1 Å². The van der Waals surface area contributed by atoms with Crippen molar-refractivity contribution in [3.63, 3.8) is 0 Å².